The Hall–Kier alpha value is -0.870. The van der Waals surface area contributed by atoms with Gasteiger partial charge in [0, 0.05) is 5.92 Å². The average molecular weight is 473 g/mol. The van der Waals surface area contributed by atoms with Crippen LogP contribution in [0.3, 0.4) is 0 Å². The second-order valence-electron chi connectivity index (χ2n) is 14.8. The van der Waals surface area contributed by atoms with Crippen LogP contribution >= 0.6 is 0 Å². The van der Waals surface area contributed by atoms with Crippen LogP contribution in [0.4, 0.5) is 0 Å². The third-order valence-electron chi connectivity index (χ3n) is 13.5. The third kappa shape index (κ3) is 2.76. The van der Waals surface area contributed by atoms with E-state index in [0.29, 0.717) is 31.1 Å². The van der Waals surface area contributed by atoms with E-state index in [4.69, 9.17) is 0 Å². The molecule has 34 heavy (non-hydrogen) atoms. The van der Waals surface area contributed by atoms with Gasteiger partial charge in [-0.15, -0.1) is 0 Å². The Morgan fingerprint density at radius 1 is 0.912 bits per heavy atom. The first-order valence-corrected chi connectivity index (χ1v) is 13.9. The van der Waals surface area contributed by atoms with Gasteiger partial charge in [0.25, 0.3) is 0 Å². The molecule has 5 aliphatic rings. The molecule has 0 spiro atoms. The minimum absolute atomic E-state index is 0.0462. The highest BCUT2D eigenvalue weighted by Gasteiger charge is 2.70. The Kier molecular flexibility index (Phi) is 5.20. The molecule has 0 radical (unpaired) electrons. The van der Waals surface area contributed by atoms with Crippen LogP contribution in [-0.4, -0.2) is 33.0 Å². The maximum absolute atomic E-state index is 12.8. The standard InChI is InChI=1S/C30H48O4/c1-18-23-19-8-9-21-26(4)12-11-22(31)25(2,3)20(26)10-13-28(21,6)27(19,5)14-16-30(23,24(32)33)17-15-29(18,7)34/h8,18,20-23,31,34H,9-17H2,1-7H3,(H,32,33)/t18-,20?,21-,22+,23+,26+,27-,28-,29+,30-/m1/s1. The van der Waals surface area contributed by atoms with Crippen molar-refractivity contribution in [2.45, 2.75) is 118 Å². The van der Waals surface area contributed by atoms with Gasteiger partial charge in [0.1, 0.15) is 0 Å². The van der Waals surface area contributed by atoms with Crippen LogP contribution in [-0.2, 0) is 4.79 Å². The summed E-state index contributed by atoms with van der Waals surface area (Å²) in [6, 6.07) is 0. The molecule has 0 saturated heterocycles. The Bertz CT molecular complexity index is 919. The van der Waals surface area contributed by atoms with E-state index in [9.17, 15) is 20.1 Å². The van der Waals surface area contributed by atoms with Crippen molar-refractivity contribution in [1.29, 1.82) is 0 Å². The van der Waals surface area contributed by atoms with Gasteiger partial charge in [-0.3, -0.25) is 4.79 Å². The minimum Gasteiger partial charge on any atom is -0.481 e. The highest BCUT2D eigenvalue weighted by atomic mass is 16.4. The number of carboxylic acids is 1. The topological polar surface area (TPSA) is 77.8 Å². The number of hydrogen-bond acceptors (Lipinski definition) is 3. The largest absolute Gasteiger partial charge is 0.481 e. The van der Waals surface area contributed by atoms with E-state index in [1.807, 2.05) is 6.92 Å². The summed E-state index contributed by atoms with van der Waals surface area (Å²) < 4.78 is 0. The number of rotatable bonds is 1. The first kappa shape index (κ1) is 24.8. The zero-order chi connectivity index (χ0) is 25.1. The lowest BCUT2D eigenvalue weighted by Gasteiger charge is -2.71. The highest BCUT2D eigenvalue weighted by molar-refractivity contribution is 5.77. The van der Waals surface area contributed by atoms with E-state index in [2.05, 4.69) is 47.6 Å². The van der Waals surface area contributed by atoms with E-state index in [1.54, 1.807) is 0 Å². The fraction of sp³-hybridized carbons (Fsp3) is 0.900. The second-order valence-corrected chi connectivity index (χ2v) is 14.8. The van der Waals surface area contributed by atoms with E-state index in [0.717, 1.165) is 38.5 Å². The monoisotopic (exact) mass is 472 g/mol. The van der Waals surface area contributed by atoms with E-state index < -0.39 is 17.0 Å². The lowest BCUT2D eigenvalue weighted by atomic mass is 9.33. The molecule has 4 fully saturated rings. The summed E-state index contributed by atoms with van der Waals surface area (Å²) in [5.74, 6) is 0.223. The molecule has 0 bridgehead atoms. The fourth-order valence-corrected chi connectivity index (χ4v) is 10.8. The Labute approximate surface area is 206 Å². The number of hydrogen-bond donors (Lipinski definition) is 3. The molecule has 3 N–H and O–H groups in total. The summed E-state index contributed by atoms with van der Waals surface area (Å²) in [5, 5.41) is 32.7. The van der Waals surface area contributed by atoms with Gasteiger partial charge >= 0.3 is 5.97 Å². The molecule has 10 atom stereocenters. The van der Waals surface area contributed by atoms with Gasteiger partial charge in [0.2, 0.25) is 0 Å². The van der Waals surface area contributed by atoms with Crippen molar-refractivity contribution in [3.05, 3.63) is 11.6 Å². The molecule has 4 nitrogen and oxygen atoms in total. The van der Waals surface area contributed by atoms with Crippen molar-refractivity contribution in [2.75, 3.05) is 0 Å². The summed E-state index contributed by atoms with van der Waals surface area (Å²) in [4.78, 5) is 12.8. The van der Waals surface area contributed by atoms with Crippen molar-refractivity contribution in [3.63, 3.8) is 0 Å². The van der Waals surface area contributed by atoms with Gasteiger partial charge in [-0.25, -0.2) is 0 Å². The van der Waals surface area contributed by atoms with Crippen LogP contribution in [0.15, 0.2) is 11.6 Å². The summed E-state index contributed by atoms with van der Waals surface area (Å²) in [6.07, 6.45) is 10.2. The molecule has 0 aromatic carbocycles. The summed E-state index contributed by atoms with van der Waals surface area (Å²) in [6.45, 7) is 16.1. The van der Waals surface area contributed by atoms with Crippen LogP contribution in [0.2, 0.25) is 0 Å². The highest BCUT2D eigenvalue weighted by Crippen LogP contribution is 2.75. The Morgan fingerprint density at radius 2 is 1.56 bits per heavy atom. The molecule has 0 aliphatic heterocycles. The molecular weight excluding hydrogens is 424 g/mol. The quantitative estimate of drug-likeness (QED) is 0.397. The smallest absolute Gasteiger partial charge is 0.310 e. The van der Waals surface area contributed by atoms with E-state index in [1.165, 1.54) is 5.57 Å². The van der Waals surface area contributed by atoms with E-state index in [-0.39, 0.29) is 39.6 Å². The van der Waals surface area contributed by atoms with Crippen LogP contribution < -0.4 is 0 Å². The van der Waals surface area contributed by atoms with Gasteiger partial charge in [-0.1, -0.05) is 53.2 Å². The number of aliphatic hydroxyl groups excluding tert-OH is 1. The average Bonchev–Trinajstić information content (AvgIpc) is 2.74. The predicted molar refractivity (Wildman–Crippen MR) is 134 cm³/mol. The van der Waals surface area contributed by atoms with Crippen LogP contribution in [0.25, 0.3) is 0 Å². The second kappa shape index (κ2) is 7.12. The predicted octanol–water partition coefficient (Wildman–Crippen LogP) is 6.20. The van der Waals surface area contributed by atoms with Crippen LogP contribution in [0.1, 0.15) is 106 Å². The molecule has 4 saturated carbocycles. The summed E-state index contributed by atoms with van der Waals surface area (Å²) in [7, 11) is 0. The molecule has 4 heteroatoms. The third-order valence-corrected chi connectivity index (χ3v) is 13.5. The summed E-state index contributed by atoms with van der Waals surface area (Å²) in [5.41, 5.74) is -0.0392. The van der Waals surface area contributed by atoms with Crippen molar-refractivity contribution >= 4 is 5.97 Å². The first-order valence-electron chi connectivity index (χ1n) is 13.9. The molecule has 192 valence electrons. The molecule has 0 aromatic rings. The molecular formula is C30H48O4. The summed E-state index contributed by atoms with van der Waals surface area (Å²) >= 11 is 0. The van der Waals surface area contributed by atoms with Gasteiger partial charge in [-0.2, -0.15) is 0 Å². The molecule has 0 amide bonds. The number of fused-ring (bicyclic) bond motifs is 7. The number of carbonyl (C=O) groups is 1. The van der Waals surface area contributed by atoms with Crippen molar-refractivity contribution in [1.82, 2.24) is 0 Å². The maximum Gasteiger partial charge on any atom is 0.310 e. The van der Waals surface area contributed by atoms with Gasteiger partial charge < -0.3 is 15.3 Å². The van der Waals surface area contributed by atoms with E-state index >= 15 is 0 Å². The van der Waals surface area contributed by atoms with Gasteiger partial charge in [0.05, 0.1) is 17.1 Å². The molecule has 5 aliphatic carbocycles. The molecule has 0 aromatic heterocycles. The molecule has 5 rings (SSSR count). The van der Waals surface area contributed by atoms with Crippen LogP contribution in [0, 0.1) is 50.7 Å². The van der Waals surface area contributed by atoms with Crippen molar-refractivity contribution < 1.29 is 20.1 Å². The Balaban J connectivity index is 1.62. The molecule has 0 heterocycles. The number of carboxylic acid groups (broad SMARTS) is 1. The van der Waals surface area contributed by atoms with Crippen molar-refractivity contribution in [2.24, 2.45) is 50.7 Å². The maximum atomic E-state index is 12.8. The SMILES string of the molecule is C[C@@H]1[C@H]2C3=CC[C@@H]4[C@@]5(C)CC[C@H](O)C(C)(C)C5CC[C@@]4(C)[C@]3(C)CC[C@@]2(C(=O)O)CC[C@]1(C)O. The first-order chi connectivity index (χ1) is 15.6. The minimum atomic E-state index is -0.826. The Morgan fingerprint density at radius 3 is 2.21 bits per heavy atom. The van der Waals surface area contributed by atoms with Crippen molar-refractivity contribution in [3.8, 4) is 0 Å². The zero-order valence-corrected chi connectivity index (χ0v) is 22.6. The lowest BCUT2D eigenvalue weighted by Crippen LogP contribution is -2.66. The lowest BCUT2D eigenvalue weighted by molar-refractivity contribution is -0.211. The number of allylic oxidation sites excluding steroid dienone is 2. The zero-order valence-electron chi connectivity index (χ0n) is 22.6. The number of aliphatic hydroxyl groups is 2. The number of aliphatic carboxylic acids is 1. The fourth-order valence-electron chi connectivity index (χ4n) is 10.8. The van der Waals surface area contributed by atoms with Gasteiger partial charge in [0.15, 0.2) is 0 Å². The normalized spacial score (nSPS) is 56.3. The van der Waals surface area contributed by atoms with Crippen LogP contribution in [0.5, 0.6) is 0 Å². The van der Waals surface area contributed by atoms with Gasteiger partial charge in [-0.05, 0) is 104 Å². The molecule has 1 unspecified atom stereocenters.